The molecule has 0 bridgehead atoms. The van der Waals surface area contributed by atoms with Gasteiger partial charge in [-0.25, -0.2) is 9.37 Å². The van der Waals surface area contributed by atoms with E-state index in [2.05, 4.69) is 27.8 Å². The molecular weight excluding hydrogens is 691 g/mol. The van der Waals surface area contributed by atoms with E-state index < -0.39 is 42.2 Å². The van der Waals surface area contributed by atoms with Gasteiger partial charge >= 0.3 is 18.3 Å². The second-order valence-corrected chi connectivity index (χ2v) is 12.3. The van der Waals surface area contributed by atoms with Gasteiger partial charge in [0.2, 0.25) is 6.41 Å². The minimum absolute atomic E-state index is 0.186. The Hall–Kier alpha value is -4.15. The fraction of sp³-hybridized carbons (Fsp3) is 0.382. The number of halogens is 7. The first-order valence-corrected chi connectivity index (χ1v) is 15.8. The zero-order valence-electron chi connectivity index (χ0n) is 27.5. The number of aliphatic carboxylic acids is 1. The zero-order valence-corrected chi connectivity index (χ0v) is 28.4. The first-order valence-electron chi connectivity index (χ1n) is 15.3. The van der Waals surface area contributed by atoms with Crippen LogP contribution in [0.2, 0.25) is 0 Å². The van der Waals surface area contributed by atoms with Crippen LogP contribution < -0.4 is 15.4 Å². The molecule has 0 saturated heterocycles. The summed E-state index contributed by atoms with van der Waals surface area (Å²) in [6.07, 6.45) is -7.93. The van der Waals surface area contributed by atoms with Crippen molar-refractivity contribution in [3.8, 4) is 11.1 Å². The molecule has 50 heavy (non-hydrogen) atoms. The van der Waals surface area contributed by atoms with Crippen LogP contribution in [-0.2, 0) is 22.8 Å². The van der Waals surface area contributed by atoms with Gasteiger partial charge in [-0.3, -0.25) is 14.3 Å². The average molecular weight is 730 g/mol. The summed E-state index contributed by atoms with van der Waals surface area (Å²) in [4.78, 5) is 26.5. The lowest BCUT2D eigenvalue weighted by atomic mass is 9.68. The van der Waals surface area contributed by atoms with Gasteiger partial charge in [-0.1, -0.05) is 50.1 Å². The highest BCUT2D eigenvalue weighted by atomic mass is 32.1. The van der Waals surface area contributed by atoms with E-state index in [0.717, 1.165) is 39.6 Å². The van der Waals surface area contributed by atoms with Crippen LogP contribution >= 0.6 is 12.8 Å². The quantitative estimate of drug-likeness (QED) is 0.0757. The van der Waals surface area contributed by atoms with E-state index in [1.807, 2.05) is 73.2 Å². The summed E-state index contributed by atoms with van der Waals surface area (Å²) in [6.45, 7) is 2.70. The van der Waals surface area contributed by atoms with Crippen LogP contribution in [0.4, 0.5) is 36.4 Å². The summed E-state index contributed by atoms with van der Waals surface area (Å²) in [6, 6.07) is 15.3. The predicted molar refractivity (Wildman–Crippen MR) is 180 cm³/mol. The molecule has 1 amide bonds. The number of rotatable bonds is 7. The number of aryl methyl sites for hydroxylation is 2. The van der Waals surface area contributed by atoms with E-state index in [0.29, 0.717) is 25.0 Å². The number of anilines is 1. The number of carboxylic acids is 1. The number of nitrogens with zero attached hydrogens (tertiary/aromatic N) is 2. The van der Waals surface area contributed by atoms with Crippen molar-refractivity contribution < 1.29 is 45.4 Å². The molecular formula is C34H38F7N5O3S. The van der Waals surface area contributed by atoms with Crippen LogP contribution in [0, 0.1) is 24.6 Å². The number of amides is 1. The highest BCUT2D eigenvalue weighted by molar-refractivity contribution is 7.78. The molecule has 16 heteroatoms. The summed E-state index contributed by atoms with van der Waals surface area (Å²) in [5.41, 5.74) is 3.40. The normalized spacial score (nSPS) is 19.1. The molecule has 2 unspecified atom stereocenters. The van der Waals surface area contributed by atoms with Crippen molar-refractivity contribution in [1.82, 2.24) is 19.6 Å². The van der Waals surface area contributed by atoms with Crippen molar-refractivity contribution in [2.75, 3.05) is 18.9 Å². The minimum Gasteiger partial charge on any atom is -0.481 e. The maximum absolute atomic E-state index is 12.8. The third kappa shape index (κ3) is 10.7. The molecule has 4 aromatic rings. The molecule has 1 aliphatic rings. The SMILES string of the molecule is CNS.Cc1nc2cc(-c3ccc([C@@H]4CC(NCC(F)(F)F)C[C@H](C)C4C(=O)O)cc3)ccc2n1C.O=CNc1ccc(C(F)(F)F)cc1F. The molecule has 0 radical (unpaired) electrons. The first-order chi connectivity index (χ1) is 23.4. The average Bonchev–Trinajstić information content (AvgIpc) is 3.32. The maximum Gasteiger partial charge on any atom is 0.416 e. The molecule has 4 N–H and O–H groups in total. The number of imidazole rings is 1. The van der Waals surface area contributed by atoms with Crippen molar-refractivity contribution in [2.24, 2.45) is 18.9 Å². The summed E-state index contributed by atoms with van der Waals surface area (Å²) < 4.78 is 91.5. The molecule has 0 spiro atoms. The van der Waals surface area contributed by atoms with Gasteiger partial charge in [0.1, 0.15) is 11.6 Å². The van der Waals surface area contributed by atoms with E-state index in [1.54, 1.807) is 7.05 Å². The molecule has 1 heterocycles. The molecule has 5 rings (SSSR count). The molecule has 3 aromatic carbocycles. The van der Waals surface area contributed by atoms with E-state index in [4.69, 9.17) is 0 Å². The number of hydrogen-bond donors (Lipinski definition) is 5. The first kappa shape index (κ1) is 40.3. The van der Waals surface area contributed by atoms with E-state index in [-0.39, 0.29) is 30.0 Å². The largest absolute Gasteiger partial charge is 0.481 e. The fourth-order valence-electron chi connectivity index (χ4n) is 6.02. The van der Waals surface area contributed by atoms with Crippen LogP contribution in [0.3, 0.4) is 0 Å². The molecule has 1 saturated carbocycles. The Labute approximate surface area is 290 Å². The lowest BCUT2D eigenvalue weighted by molar-refractivity contribution is -0.146. The number of carbonyl (C=O) groups excluding carboxylic acids is 1. The van der Waals surface area contributed by atoms with Crippen LogP contribution in [0.15, 0.2) is 60.7 Å². The lowest BCUT2D eigenvalue weighted by Crippen LogP contribution is -2.45. The molecule has 1 aromatic heterocycles. The molecule has 4 atom stereocenters. The number of benzene rings is 3. The smallest absolute Gasteiger partial charge is 0.416 e. The van der Waals surface area contributed by atoms with Crippen LogP contribution in [0.5, 0.6) is 0 Å². The Morgan fingerprint density at radius 1 is 1.02 bits per heavy atom. The second-order valence-electron chi connectivity index (χ2n) is 11.8. The summed E-state index contributed by atoms with van der Waals surface area (Å²) >= 11 is 3.54. The predicted octanol–water partition coefficient (Wildman–Crippen LogP) is 7.75. The summed E-state index contributed by atoms with van der Waals surface area (Å²) in [7, 11) is 3.71. The van der Waals surface area contributed by atoms with Crippen molar-refractivity contribution in [1.29, 1.82) is 0 Å². The molecule has 272 valence electrons. The van der Waals surface area contributed by atoms with Crippen molar-refractivity contribution in [3.05, 3.63) is 83.4 Å². The topological polar surface area (TPSA) is 108 Å². The number of carbonyl (C=O) groups is 2. The summed E-state index contributed by atoms with van der Waals surface area (Å²) in [5, 5.41) is 14.4. The Kier molecular flexibility index (Phi) is 13.8. The second kappa shape index (κ2) is 17.2. The van der Waals surface area contributed by atoms with Gasteiger partial charge in [-0.2, -0.15) is 26.3 Å². The third-order valence-corrected chi connectivity index (χ3v) is 8.41. The fourth-order valence-corrected chi connectivity index (χ4v) is 6.02. The minimum atomic E-state index is -4.58. The van der Waals surface area contributed by atoms with E-state index >= 15 is 0 Å². The van der Waals surface area contributed by atoms with Crippen LogP contribution in [-0.4, -0.2) is 52.8 Å². The van der Waals surface area contributed by atoms with Crippen molar-refractivity contribution >= 4 is 41.9 Å². The Bertz CT molecular complexity index is 1750. The number of aromatic nitrogens is 2. The number of thiol groups is 1. The number of hydrogen-bond acceptors (Lipinski definition) is 6. The van der Waals surface area contributed by atoms with E-state index in [1.165, 1.54) is 0 Å². The number of fused-ring (bicyclic) bond motifs is 1. The monoisotopic (exact) mass is 729 g/mol. The molecule has 1 aliphatic carbocycles. The van der Waals surface area contributed by atoms with Gasteiger partial charge < -0.3 is 20.3 Å². The highest BCUT2D eigenvalue weighted by Crippen LogP contribution is 2.42. The van der Waals surface area contributed by atoms with Crippen LogP contribution in [0.1, 0.15) is 42.6 Å². The van der Waals surface area contributed by atoms with Gasteiger partial charge in [-0.15, -0.1) is 0 Å². The summed E-state index contributed by atoms with van der Waals surface area (Å²) in [5.74, 6) is -2.31. The molecule has 0 aliphatic heterocycles. The number of alkyl halides is 6. The van der Waals surface area contributed by atoms with Crippen molar-refractivity contribution in [3.63, 3.8) is 0 Å². The lowest BCUT2D eigenvalue weighted by Gasteiger charge is -2.39. The van der Waals surface area contributed by atoms with Gasteiger partial charge in [0, 0.05) is 13.1 Å². The number of nitrogens with one attached hydrogen (secondary N) is 3. The highest BCUT2D eigenvalue weighted by Gasteiger charge is 2.41. The van der Waals surface area contributed by atoms with Gasteiger partial charge in [0.25, 0.3) is 0 Å². The van der Waals surface area contributed by atoms with E-state index in [9.17, 15) is 45.4 Å². The Morgan fingerprint density at radius 3 is 2.18 bits per heavy atom. The van der Waals surface area contributed by atoms with Gasteiger partial charge in [0.05, 0.1) is 34.7 Å². The maximum atomic E-state index is 12.8. The third-order valence-electron chi connectivity index (χ3n) is 8.41. The Balaban J connectivity index is 0.000000331. The number of carboxylic acid groups (broad SMARTS) is 1. The Morgan fingerprint density at radius 2 is 1.64 bits per heavy atom. The molecule has 8 nitrogen and oxygen atoms in total. The standard InChI is InChI=1S/C25H28F3N3O2.C8H5F4NO.CH5NS/c1-14-10-19(29-13-25(26,27)28)12-20(23(14)24(32)33)17-6-4-16(5-7-17)18-8-9-22-21(11-18)30-15(2)31(22)3;9-6-3-5(8(10,11)12)1-2-7(6)13-4-14;1-2-3/h4-9,11,14,19-20,23,29H,10,12-13H2,1-3H3,(H,32,33);1-4H,(H,13,14);2-3H,1H3/t14-,19?,20-,23?;;/m0../s1. The van der Waals surface area contributed by atoms with Gasteiger partial charge in [-0.05, 0) is 85.7 Å². The molecule has 1 fully saturated rings. The van der Waals surface area contributed by atoms with Crippen molar-refractivity contribution in [2.45, 2.75) is 51.0 Å². The van der Waals surface area contributed by atoms with Crippen LogP contribution in [0.25, 0.3) is 22.2 Å². The zero-order chi connectivity index (χ0) is 37.4. The van der Waals surface area contributed by atoms with Gasteiger partial charge in [0.15, 0.2) is 0 Å².